The fourth-order valence-electron chi connectivity index (χ4n) is 11.8. The highest BCUT2D eigenvalue weighted by Crippen LogP contribution is 2.49. The van der Waals surface area contributed by atoms with Crippen LogP contribution in [0.4, 0.5) is 11.4 Å². The second-order valence-corrected chi connectivity index (χ2v) is 25.7. The number of aromatic nitrogens is 1. The molecule has 6 N–H and O–H groups in total. The van der Waals surface area contributed by atoms with E-state index < -0.39 is 39.7 Å². The summed E-state index contributed by atoms with van der Waals surface area (Å²) in [6.07, 6.45) is 4.86. The first kappa shape index (κ1) is 56.7. The van der Waals surface area contributed by atoms with Crippen molar-refractivity contribution in [2.24, 2.45) is 17.3 Å². The highest BCUT2D eigenvalue weighted by Gasteiger charge is 2.49. The number of carbonyl (C=O) groups is 4. The zero-order chi connectivity index (χ0) is 55.3. The van der Waals surface area contributed by atoms with Crippen LogP contribution < -0.4 is 21.3 Å². The van der Waals surface area contributed by atoms with Crippen LogP contribution in [0.15, 0.2) is 101 Å². The smallest absolute Gasteiger partial charge is 0.246 e. The highest BCUT2D eigenvalue weighted by molar-refractivity contribution is 7.89. The third-order valence-electron chi connectivity index (χ3n) is 16.2. The lowest BCUT2D eigenvalue weighted by Gasteiger charge is -2.39. The van der Waals surface area contributed by atoms with Crippen LogP contribution in [0, 0.1) is 31.1 Å². The number of hydrogen-bond acceptors (Lipinski definition) is 12. The number of rotatable bonds is 19. The number of fused-ring (bicyclic) bond motifs is 3. The first-order valence-corrected chi connectivity index (χ1v) is 30.0. The summed E-state index contributed by atoms with van der Waals surface area (Å²) >= 11 is 1.58. The Labute approximate surface area is 463 Å². The van der Waals surface area contributed by atoms with Crippen molar-refractivity contribution in [1.29, 1.82) is 0 Å². The molecule has 0 spiro atoms. The van der Waals surface area contributed by atoms with Crippen molar-refractivity contribution < 1.29 is 37.8 Å². The van der Waals surface area contributed by atoms with E-state index in [0.717, 1.165) is 88.5 Å². The van der Waals surface area contributed by atoms with Crippen molar-refractivity contribution in [3.63, 3.8) is 0 Å². The van der Waals surface area contributed by atoms with Crippen molar-refractivity contribution >= 4 is 56.4 Å². The Morgan fingerprint density at radius 3 is 2.28 bits per heavy atom. The molecule has 18 heteroatoms. The monoisotopic (exact) mass is 1100 g/mol. The molecular weight excluding hydrogens is 1020 g/mol. The van der Waals surface area contributed by atoms with Gasteiger partial charge in [-0.05, 0) is 148 Å². The Morgan fingerprint density at radius 1 is 0.859 bits per heavy atom. The Kier molecular flexibility index (Phi) is 17.8. The molecule has 0 bridgehead atoms. The van der Waals surface area contributed by atoms with Gasteiger partial charge in [-0.2, -0.15) is 4.31 Å². The van der Waals surface area contributed by atoms with Crippen molar-refractivity contribution in [3.8, 4) is 21.6 Å². The Bertz CT molecular complexity index is 3040. The molecule has 1 aromatic heterocycles. The molecule has 0 aliphatic carbocycles. The van der Waals surface area contributed by atoms with E-state index in [2.05, 4.69) is 31.2 Å². The highest BCUT2D eigenvalue weighted by atomic mass is 32.2. The maximum atomic E-state index is 14.2. The topological polar surface area (TPSA) is 214 Å². The Balaban J connectivity index is 0.701. The maximum absolute atomic E-state index is 14.2. The number of piperidine rings is 1. The lowest BCUT2D eigenvalue weighted by Crippen LogP contribution is -2.57. The number of carbonyl (C=O) groups excluding carboxylic acids is 4. The average molecular weight is 1100 g/mol. The van der Waals surface area contributed by atoms with Crippen LogP contribution >= 0.6 is 11.3 Å². The van der Waals surface area contributed by atoms with Gasteiger partial charge in [-0.25, -0.2) is 13.4 Å². The summed E-state index contributed by atoms with van der Waals surface area (Å²) in [5, 5.41) is 33.5. The van der Waals surface area contributed by atoms with Gasteiger partial charge in [-0.15, -0.1) is 11.3 Å². The van der Waals surface area contributed by atoms with Gasteiger partial charge in [0, 0.05) is 56.2 Å². The molecule has 416 valence electrons. The number of aliphatic hydroxyl groups is 2. The molecule has 0 unspecified atom stereocenters. The van der Waals surface area contributed by atoms with E-state index >= 15 is 0 Å². The van der Waals surface area contributed by atoms with Gasteiger partial charge in [-0.3, -0.25) is 19.2 Å². The summed E-state index contributed by atoms with van der Waals surface area (Å²) in [5.41, 5.74) is 9.24. The molecule has 4 aromatic carbocycles. The molecule has 9 rings (SSSR count). The maximum Gasteiger partial charge on any atom is 0.246 e. The van der Waals surface area contributed by atoms with Gasteiger partial charge in [-0.1, -0.05) is 80.9 Å². The molecule has 6 atom stereocenters. The largest absolute Gasteiger partial charge is 0.394 e. The number of amides is 4. The molecule has 16 nitrogen and oxygen atoms in total. The number of hydrogen-bond donors (Lipinski definition) is 6. The van der Waals surface area contributed by atoms with Gasteiger partial charge in [0.25, 0.3) is 0 Å². The average Bonchev–Trinajstić information content (AvgIpc) is 4.38. The van der Waals surface area contributed by atoms with E-state index in [1.807, 2.05) is 119 Å². The molecule has 5 heterocycles. The van der Waals surface area contributed by atoms with Crippen LogP contribution in [0.3, 0.4) is 0 Å². The minimum atomic E-state index is -3.81. The lowest BCUT2D eigenvalue weighted by molar-refractivity contribution is -0.144. The van der Waals surface area contributed by atoms with Crippen molar-refractivity contribution in [2.45, 2.75) is 134 Å². The summed E-state index contributed by atoms with van der Waals surface area (Å²) in [6.45, 7) is 12.8. The number of aryl methyl sites for hydroxylation is 2. The van der Waals surface area contributed by atoms with Gasteiger partial charge in [0.1, 0.15) is 12.1 Å². The predicted molar refractivity (Wildman–Crippen MR) is 305 cm³/mol. The third-order valence-corrected chi connectivity index (χ3v) is 19.1. The molecule has 5 aromatic rings. The van der Waals surface area contributed by atoms with E-state index in [-0.39, 0.29) is 73.0 Å². The second kappa shape index (κ2) is 24.6. The molecular formula is C60H76N8O8S2. The molecule has 4 amide bonds. The first-order valence-electron chi connectivity index (χ1n) is 27.6. The molecule has 78 heavy (non-hydrogen) atoms. The minimum absolute atomic E-state index is 0.0174. The van der Waals surface area contributed by atoms with Crippen LogP contribution in [-0.4, -0.2) is 125 Å². The van der Waals surface area contributed by atoms with Gasteiger partial charge in [0.15, 0.2) is 0 Å². The number of nitrogens with zero attached hydrogens (tertiary/aromatic N) is 4. The molecule has 3 fully saturated rings. The summed E-state index contributed by atoms with van der Waals surface area (Å²) < 4.78 is 29.8. The number of nitrogens with one attached hydrogen (secondary N) is 4. The molecule has 0 saturated carbocycles. The molecule has 3 saturated heterocycles. The standard InChI is InChI=1S/C60H76N8O8S2/c1-38-14-21-47(22-15-38)78(75,76)68-30-26-48-51(36-69)64-50-23-20-44(32-49(50)55(48)68)43-10-7-11-45(31-43)63-53(71)13-8-27-66-28-24-40(25-29-66)9-6-12-54(72)65-57(60(3,4)5)59(74)67-35-46(70)33-52(67)58(73)61-34-41-16-18-42(19-17-41)56-39(2)62-37-77-56/h7,10-11,14-23,31-32,37,40,46,48,51-52,55,57,64,69-70H,6,8-9,12-13,24-30,33-36H2,1-5H3,(H,61,73)(H,63,71)(H,65,72)/t46-,48-,51+,52+,55-,57-/m1/s1. The summed E-state index contributed by atoms with van der Waals surface area (Å²) in [6, 6.07) is 26.1. The second-order valence-electron chi connectivity index (χ2n) is 22.9. The molecule has 4 aliphatic rings. The summed E-state index contributed by atoms with van der Waals surface area (Å²) in [4.78, 5) is 63.9. The minimum Gasteiger partial charge on any atom is -0.394 e. The molecule has 4 aliphatic heterocycles. The lowest BCUT2D eigenvalue weighted by atomic mass is 9.82. The number of sulfonamides is 1. The van der Waals surface area contributed by atoms with Gasteiger partial charge in [0.05, 0.1) is 45.8 Å². The van der Waals surface area contributed by atoms with Gasteiger partial charge in [0.2, 0.25) is 33.7 Å². The first-order chi connectivity index (χ1) is 37.4. The van der Waals surface area contributed by atoms with Crippen molar-refractivity contribution in [2.75, 3.05) is 50.0 Å². The zero-order valence-corrected chi connectivity index (χ0v) is 47.2. The van der Waals surface area contributed by atoms with E-state index in [0.29, 0.717) is 43.8 Å². The number of benzene rings is 4. The van der Waals surface area contributed by atoms with Crippen LogP contribution in [-0.2, 0) is 35.7 Å². The Hall–Kier alpha value is -6.02. The predicted octanol–water partition coefficient (Wildman–Crippen LogP) is 8.04. The summed E-state index contributed by atoms with van der Waals surface area (Å²) in [5.74, 6) is -0.616. The molecule has 0 radical (unpaired) electrons. The summed E-state index contributed by atoms with van der Waals surface area (Å²) in [7, 11) is -3.81. The quantitative estimate of drug-likeness (QED) is 0.0466. The van der Waals surface area contributed by atoms with E-state index in [9.17, 15) is 37.8 Å². The van der Waals surface area contributed by atoms with Gasteiger partial charge < -0.3 is 41.3 Å². The SMILES string of the molecule is Cc1ccc(S(=O)(=O)N2CC[C@@H]3[C@H](CO)Nc4ccc(-c5cccc(NC(=O)CCCN6CCC(CCCC(=O)N[C@H](C(=O)N7C[C@H](O)C[C@H]7C(=O)NCc7ccc(-c8scnc8C)cc7)C(C)(C)C)CC6)c5)cc4[C@@H]32)cc1. The number of thiazole rings is 1. The number of likely N-dealkylation sites (tertiary alicyclic amines) is 2. The van der Waals surface area contributed by atoms with Crippen LogP contribution in [0.1, 0.15) is 107 Å². The van der Waals surface area contributed by atoms with E-state index in [1.165, 1.54) is 4.90 Å². The normalized spacial score (nSPS) is 21.3. The van der Waals surface area contributed by atoms with Gasteiger partial charge >= 0.3 is 0 Å². The number of aliphatic hydroxyl groups excluding tert-OH is 2. The van der Waals surface area contributed by atoms with E-state index in [4.69, 9.17) is 0 Å². The fraction of sp³-hybridized carbons (Fsp3) is 0.483. The zero-order valence-electron chi connectivity index (χ0n) is 45.5. The number of anilines is 2. The van der Waals surface area contributed by atoms with Crippen LogP contribution in [0.25, 0.3) is 21.6 Å². The van der Waals surface area contributed by atoms with E-state index in [1.54, 1.807) is 27.8 Å². The number of β-amino-alcohol motifs (C(OH)–C–C–N with tert-alkyl or cyclic N) is 1. The fourth-order valence-corrected chi connectivity index (χ4v) is 14.3. The van der Waals surface area contributed by atoms with Crippen LogP contribution in [0.2, 0.25) is 0 Å². The third kappa shape index (κ3) is 13.2. The Morgan fingerprint density at radius 2 is 1.58 bits per heavy atom. The van der Waals surface area contributed by atoms with Crippen molar-refractivity contribution in [1.82, 2.24) is 29.7 Å². The van der Waals surface area contributed by atoms with Crippen molar-refractivity contribution in [3.05, 3.63) is 119 Å². The van der Waals surface area contributed by atoms with Crippen LogP contribution in [0.5, 0.6) is 0 Å².